The highest BCUT2D eigenvalue weighted by Gasteiger charge is 2.53. The van der Waals surface area contributed by atoms with E-state index in [4.69, 9.17) is 4.74 Å². The maximum atomic E-state index is 14.3. The van der Waals surface area contributed by atoms with Crippen LogP contribution in [-0.2, 0) is 23.5 Å². The molecule has 0 saturated heterocycles. The molecule has 0 fully saturated rings. The zero-order valence-corrected chi connectivity index (χ0v) is 30.9. The predicted molar refractivity (Wildman–Crippen MR) is 212 cm³/mol. The lowest BCUT2D eigenvalue weighted by atomic mass is 9.82. The van der Waals surface area contributed by atoms with Crippen LogP contribution in [0.1, 0.15) is 52.0 Å². The van der Waals surface area contributed by atoms with Crippen molar-refractivity contribution >= 4 is 34.6 Å². The number of carbonyl (C=O) groups excluding carboxylic acids is 2. The first kappa shape index (κ1) is 37.0. The van der Waals surface area contributed by atoms with Crippen molar-refractivity contribution in [2.75, 3.05) is 16.4 Å². The number of benzene rings is 5. The van der Waals surface area contributed by atoms with E-state index in [-0.39, 0.29) is 36.2 Å². The van der Waals surface area contributed by atoms with E-state index in [0.717, 1.165) is 5.56 Å². The number of nitro benzene ring substituents is 1. The Kier molecular flexibility index (Phi) is 9.92. The molecule has 2 N–H and O–H groups in total. The fourth-order valence-electron chi connectivity index (χ4n) is 7.49. The smallest absolute Gasteiger partial charge is 0.269 e. The highest BCUT2D eigenvalue weighted by Crippen LogP contribution is 2.47. The highest BCUT2D eigenvalue weighted by atomic mass is 16.6. The van der Waals surface area contributed by atoms with Crippen LogP contribution < -0.4 is 14.5 Å². The normalized spacial score (nSPS) is 17.1. The number of hydrogen-bond acceptors (Lipinski definition) is 9. The van der Waals surface area contributed by atoms with E-state index in [9.17, 15) is 29.9 Å². The molecule has 2 aliphatic heterocycles. The van der Waals surface area contributed by atoms with Gasteiger partial charge in [-0.3, -0.25) is 29.3 Å². The van der Waals surface area contributed by atoms with Crippen molar-refractivity contribution in [3.05, 3.63) is 178 Å². The Hall–Kier alpha value is -6.96. The lowest BCUT2D eigenvalue weighted by molar-refractivity contribution is -0.385. The zero-order chi connectivity index (χ0) is 39.7. The number of aromatic nitrogens is 3. The van der Waals surface area contributed by atoms with Crippen LogP contribution in [-0.4, -0.2) is 48.6 Å². The highest BCUT2D eigenvalue weighted by molar-refractivity contribution is 6.14. The summed E-state index contributed by atoms with van der Waals surface area (Å²) in [5.41, 5.74) is 2.05. The SMILES string of the molecule is C[C@@H](/C=C/CCn1cc(C(CO)c2ccccc2)nn1)[C@]1(O)C(=O)N(Cc2ccc(N3C(=O)c4ccccc4Oc4ccccc43)cc2)c2ccc([N+](=O)[O-])cc21. The van der Waals surface area contributed by atoms with Crippen molar-refractivity contribution in [2.24, 2.45) is 5.92 Å². The molecule has 286 valence electrons. The molecule has 3 heterocycles. The molecule has 5 aromatic carbocycles. The van der Waals surface area contributed by atoms with Gasteiger partial charge in [-0.15, -0.1) is 5.10 Å². The standard InChI is InChI=1S/C44H38N6O7/c1-29(11-9-10-24-47-27-37(45-46-47)35(28-51)31-12-3-2-4-13-31)44(54)36-25-33(50(55)56)22-23-38(36)48(43(44)53)26-30-18-20-32(21-19-30)49-39-15-6-8-17-41(39)57-40-16-7-5-14-34(40)42(49)52/h2-9,11-23,25,27,29,35,51,54H,10,24,26,28H2,1H3/b11-9+/t29-,35?,44+/m0/s1. The number of amides is 2. The van der Waals surface area contributed by atoms with Crippen LogP contribution in [0, 0.1) is 16.0 Å². The van der Waals surface area contributed by atoms with Gasteiger partial charge in [0, 0.05) is 42.0 Å². The van der Waals surface area contributed by atoms with Gasteiger partial charge in [0.2, 0.25) is 0 Å². The molecule has 13 heteroatoms. The van der Waals surface area contributed by atoms with E-state index in [1.165, 1.54) is 23.1 Å². The van der Waals surface area contributed by atoms with E-state index in [0.29, 0.717) is 58.3 Å². The maximum Gasteiger partial charge on any atom is 0.269 e. The largest absolute Gasteiger partial charge is 0.454 e. The lowest BCUT2D eigenvalue weighted by Gasteiger charge is -2.27. The van der Waals surface area contributed by atoms with Crippen molar-refractivity contribution in [1.29, 1.82) is 0 Å². The first-order valence-corrected chi connectivity index (χ1v) is 18.5. The van der Waals surface area contributed by atoms with Crippen molar-refractivity contribution in [2.45, 2.75) is 38.0 Å². The molecular formula is C44H38N6O7. The lowest BCUT2D eigenvalue weighted by Crippen LogP contribution is -2.44. The average Bonchev–Trinajstić information content (AvgIpc) is 3.74. The van der Waals surface area contributed by atoms with Gasteiger partial charge in [-0.1, -0.05) is 91.0 Å². The van der Waals surface area contributed by atoms with Crippen molar-refractivity contribution < 1.29 is 29.5 Å². The van der Waals surface area contributed by atoms with E-state index in [2.05, 4.69) is 10.3 Å². The quantitative estimate of drug-likeness (QED) is 0.0734. The van der Waals surface area contributed by atoms with Gasteiger partial charge >= 0.3 is 0 Å². The number of aryl methyl sites for hydroxylation is 1. The summed E-state index contributed by atoms with van der Waals surface area (Å²) in [5.74, 6) is -0.958. The topological polar surface area (TPSA) is 164 Å². The number of nitrogens with zero attached hydrogens (tertiary/aromatic N) is 6. The van der Waals surface area contributed by atoms with Gasteiger partial charge in [0.25, 0.3) is 17.5 Å². The number of para-hydroxylation sites is 3. The molecule has 0 radical (unpaired) electrons. The second-order valence-electron chi connectivity index (χ2n) is 14.0. The monoisotopic (exact) mass is 762 g/mol. The molecule has 6 aromatic rings. The van der Waals surface area contributed by atoms with Crippen LogP contribution in [0.5, 0.6) is 11.5 Å². The van der Waals surface area contributed by atoms with Crippen LogP contribution in [0.25, 0.3) is 0 Å². The zero-order valence-electron chi connectivity index (χ0n) is 30.9. The minimum atomic E-state index is -2.09. The summed E-state index contributed by atoms with van der Waals surface area (Å²) in [6.07, 6.45) is 5.85. The van der Waals surface area contributed by atoms with Crippen LogP contribution >= 0.6 is 0 Å². The van der Waals surface area contributed by atoms with Crippen molar-refractivity contribution in [3.63, 3.8) is 0 Å². The van der Waals surface area contributed by atoms with Gasteiger partial charge in [-0.2, -0.15) is 0 Å². The first-order valence-electron chi connectivity index (χ1n) is 18.5. The Labute approximate surface area is 327 Å². The molecule has 1 aromatic heterocycles. The number of rotatable bonds is 12. The first-order chi connectivity index (χ1) is 27.7. The molecule has 57 heavy (non-hydrogen) atoms. The number of fused-ring (bicyclic) bond motifs is 3. The maximum absolute atomic E-state index is 14.3. The molecular weight excluding hydrogens is 725 g/mol. The number of allylic oxidation sites excluding steroid dienone is 1. The summed E-state index contributed by atoms with van der Waals surface area (Å²) in [4.78, 5) is 42.5. The van der Waals surface area contributed by atoms with Gasteiger partial charge < -0.3 is 19.8 Å². The second-order valence-corrected chi connectivity index (χ2v) is 14.0. The minimum absolute atomic E-state index is 0.0611. The summed E-state index contributed by atoms with van der Waals surface area (Å²) in [5, 5.41) is 42.6. The number of nitro groups is 1. The van der Waals surface area contributed by atoms with E-state index in [1.807, 2.05) is 60.7 Å². The van der Waals surface area contributed by atoms with Gasteiger partial charge in [-0.05, 0) is 60.0 Å². The van der Waals surface area contributed by atoms with E-state index >= 15 is 0 Å². The third-order valence-electron chi connectivity index (χ3n) is 10.6. The summed E-state index contributed by atoms with van der Waals surface area (Å²) < 4.78 is 7.80. The predicted octanol–water partition coefficient (Wildman–Crippen LogP) is 7.41. The Bertz CT molecular complexity index is 2500. The summed E-state index contributed by atoms with van der Waals surface area (Å²) in [7, 11) is 0. The molecule has 3 atom stereocenters. The fraction of sp³-hybridized carbons (Fsp3) is 0.182. The Morgan fingerprint density at radius 1 is 0.895 bits per heavy atom. The number of anilines is 3. The van der Waals surface area contributed by atoms with E-state index in [1.54, 1.807) is 77.3 Å². The molecule has 0 spiro atoms. The number of aliphatic hydroxyl groups is 2. The Balaban J connectivity index is 1.01. The van der Waals surface area contributed by atoms with Crippen LogP contribution in [0.15, 0.2) is 140 Å². The Morgan fingerprint density at radius 2 is 1.61 bits per heavy atom. The third-order valence-corrected chi connectivity index (χ3v) is 10.6. The van der Waals surface area contributed by atoms with Gasteiger partial charge in [0.05, 0.1) is 46.6 Å². The van der Waals surface area contributed by atoms with E-state index < -0.39 is 22.3 Å². The second kappa shape index (κ2) is 15.3. The molecule has 8 rings (SSSR count). The number of non-ortho nitro benzene ring substituents is 1. The summed E-state index contributed by atoms with van der Waals surface area (Å²) in [6.45, 7) is 2.10. The molecule has 0 saturated carbocycles. The molecule has 13 nitrogen and oxygen atoms in total. The van der Waals surface area contributed by atoms with Gasteiger partial charge in [0.1, 0.15) is 5.75 Å². The summed E-state index contributed by atoms with van der Waals surface area (Å²) >= 11 is 0. The average molecular weight is 763 g/mol. The molecule has 0 aliphatic carbocycles. The number of aliphatic hydroxyl groups excluding tert-OH is 1. The van der Waals surface area contributed by atoms with Crippen LogP contribution in [0.3, 0.4) is 0 Å². The number of ether oxygens (including phenoxy) is 1. The van der Waals surface area contributed by atoms with Crippen molar-refractivity contribution in [3.8, 4) is 11.5 Å². The fourth-order valence-corrected chi connectivity index (χ4v) is 7.49. The van der Waals surface area contributed by atoms with Crippen LogP contribution in [0.4, 0.5) is 22.7 Å². The molecule has 2 amide bonds. The van der Waals surface area contributed by atoms with Crippen molar-refractivity contribution in [1.82, 2.24) is 15.0 Å². The molecule has 0 bridgehead atoms. The summed E-state index contributed by atoms with van der Waals surface area (Å²) in [6, 6.07) is 35.2. The van der Waals surface area contributed by atoms with Gasteiger partial charge in [-0.25, -0.2) is 0 Å². The minimum Gasteiger partial charge on any atom is -0.454 e. The molecule has 1 unspecified atom stereocenters. The number of carbonyl (C=O) groups is 2. The number of hydrogen-bond donors (Lipinski definition) is 2. The Morgan fingerprint density at radius 3 is 2.37 bits per heavy atom. The third kappa shape index (κ3) is 6.83. The van der Waals surface area contributed by atoms with Gasteiger partial charge in [0.15, 0.2) is 11.4 Å². The molecule has 2 aliphatic rings. The van der Waals surface area contributed by atoms with Crippen LogP contribution in [0.2, 0.25) is 0 Å².